The summed E-state index contributed by atoms with van der Waals surface area (Å²) in [5, 5.41) is 3.18. The topological polar surface area (TPSA) is 93.7 Å². The van der Waals surface area contributed by atoms with E-state index in [1.54, 1.807) is 5.32 Å². The van der Waals surface area contributed by atoms with Crippen molar-refractivity contribution in [2.75, 3.05) is 19.8 Å². The predicted octanol–water partition coefficient (Wildman–Crippen LogP) is 2.41. The summed E-state index contributed by atoms with van der Waals surface area (Å²) in [7, 11) is 0. The van der Waals surface area contributed by atoms with Crippen LogP contribution in [0.3, 0.4) is 0 Å². The molecule has 1 rings (SSSR count). The van der Waals surface area contributed by atoms with E-state index in [9.17, 15) is 27.6 Å². The van der Waals surface area contributed by atoms with Crippen LogP contribution in [0.25, 0.3) is 0 Å². The summed E-state index contributed by atoms with van der Waals surface area (Å²) in [5.41, 5.74) is 0.310. The zero-order valence-corrected chi connectivity index (χ0v) is 14.0. The molecule has 0 aliphatic heterocycles. The van der Waals surface area contributed by atoms with Gasteiger partial charge in [-0.15, -0.1) is 0 Å². The van der Waals surface area contributed by atoms with E-state index in [2.05, 4.69) is 0 Å². The van der Waals surface area contributed by atoms with Gasteiger partial charge in [0, 0.05) is 0 Å². The van der Waals surface area contributed by atoms with Crippen molar-refractivity contribution in [1.82, 2.24) is 10.6 Å². The van der Waals surface area contributed by atoms with Crippen molar-refractivity contribution >= 4 is 17.9 Å². The number of ether oxygens (including phenoxy) is 2. The first-order chi connectivity index (χ1) is 12.2. The average molecular weight is 376 g/mol. The zero-order chi connectivity index (χ0) is 19.6. The minimum Gasteiger partial charge on any atom is -0.484 e. The lowest BCUT2D eigenvalue weighted by atomic mass is 10.2. The zero-order valence-electron chi connectivity index (χ0n) is 14.0. The van der Waals surface area contributed by atoms with Crippen LogP contribution < -0.4 is 15.4 Å². The maximum Gasteiger partial charge on any atom is 0.405 e. The smallest absolute Gasteiger partial charge is 0.405 e. The lowest BCUT2D eigenvalue weighted by Gasteiger charge is -2.10. The van der Waals surface area contributed by atoms with Crippen LogP contribution in [-0.4, -0.2) is 43.8 Å². The molecule has 0 heterocycles. The summed E-state index contributed by atoms with van der Waals surface area (Å²) in [6.07, 6.45) is -2.91. The summed E-state index contributed by atoms with van der Waals surface area (Å²) < 4.78 is 45.9. The van der Waals surface area contributed by atoms with Gasteiger partial charge in [0.1, 0.15) is 12.3 Å². The Morgan fingerprint density at radius 2 is 1.77 bits per heavy atom. The number of carbonyl (C=O) groups is 3. The van der Waals surface area contributed by atoms with Crippen LogP contribution >= 0.6 is 0 Å². The molecule has 0 aliphatic rings. The number of carbonyl (C=O) groups excluding carboxylic acids is 3. The maximum absolute atomic E-state index is 11.9. The van der Waals surface area contributed by atoms with Crippen LogP contribution in [0, 0.1) is 0 Å². The highest BCUT2D eigenvalue weighted by atomic mass is 19.4. The Morgan fingerprint density at radius 1 is 1.12 bits per heavy atom. The number of alkyl halides is 3. The third-order valence-electron chi connectivity index (χ3n) is 2.89. The number of rotatable bonds is 8. The van der Waals surface area contributed by atoms with Crippen molar-refractivity contribution in [3.05, 3.63) is 29.8 Å². The minimum atomic E-state index is -4.57. The molecule has 0 bridgehead atoms. The van der Waals surface area contributed by atoms with Gasteiger partial charge in [-0.25, -0.2) is 9.59 Å². The molecule has 0 unspecified atom stereocenters. The highest BCUT2D eigenvalue weighted by molar-refractivity contribution is 5.95. The number of benzene rings is 1. The molecule has 0 aromatic heterocycles. The number of nitrogens with one attached hydrogen (secondary N) is 2. The number of imide groups is 1. The van der Waals surface area contributed by atoms with E-state index >= 15 is 0 Å². The van der Waals surface area contributed by atoms with Gasteiger partial charge in [-0.05, 0) is 30.7 Å². The van der Waals surface area contributed by atoms with Gasteiger partial charge in [-0.3, -0.25) is 10.1 Å². The lowest BCUT2D eigenvalue weighted by Crippen LogP contribution is -2.44. The molecule has 0 aliphatic carbocycles. The third kappa shape index (κ3) is 8.90. The van der Waals surface area contributed by atoms with E-state index < -0.39 is 37.2 Å². The summed E-state index contributed by atoms with van der Waals surface area (Å²) in [5.74, 6) is -1.17. The van der Waals surface area contributed by atoms with Crippen LogP contribution in [0.1, 0.15) is 30.1 Å². The van der Waals surface area contributed by atoms with Crippen molar-refractivity contribution in [3.63, 3.8) is 0 Å². The van der Waals surface area contributed by atoms with Gasteiger partial charge in [-0.1, -0.05) is 13.3 Å². The largest absolute Gasteiger partial charge is 0.484 e. The fraction of sp³-hybridized carbons (Fsp3) is 0.438. The molecule has 7 nitrogen and oxygen atoms in total. The molecule has 0 saturated heterocycles. The molecule has 0 fully saturated rings. The summed E-state index contributed by atoms with van der Waals surface area (Å²) >= 11 is 0. The Morgan fingerprint density at radius 3 is 2.35 bits per heavy atom. The number of halogens is 3. The van der Waals surface area contributed by atoms with Crippen LogP contribution in [0.5, 0.6) is 5.75 Å². The number of hydrogen-bond acceptors (Lipinski definition) is 5. The molecule has 0 saturated carbocycles. The Kier molecular flexibility index (Phi) is 8.40. The van der Waals surface area contributed by atoms with Crippen LogP contribution in [-0.2, 0) is 9.53 Å². The van der Waals surface area contributed by atoms with Crippen LogP contribution in [0.4, 0.5) is 18.0 Å². The second-order valence-corrected chi connectivity index (χ2v) is 5.15. The average Bonchev–Trinajstić information content (AvgIpc) is 2.58. The summed E-state index contributed by atoms with van der Waals surface area (Å²) in [4.78, 5) is 34.2. The van der Waals surface area contributed by atoms with Crippen molar-refractivity contribution < 1.29 is 37.0 Å². The first-order valence-electron chi connectivity index (χ1n) is 7.75. The highest BCUT2D eigenvalue weighted by Gasteiger charge is 2.27. The Labute approximate surface area is 147 Å². The van der Waals surface area contributed by atoms with Crippen molar-refractivity contribution in [3.8, 4) is 5.75 Å². The lowest BCUT2D eigenvalue weighted by molar-refractivity contribution is -0.125. The SMILES string of the molecule is CCCCOC(=O)c1ccc(OCC(=O)NC(=O)NCC(F)(F)F)cc1. The molecule has 2 N–H and O–H groups in total. The van der Waals surface area contributed by atoms with Gasteiger partial charge in [0.05, 0.1) is 12.2 Å². The molecule has 1 aromatic carbocycles. The van der Waals surface area contributed by atoms with Gasteiger partial charge < -0.3 is 14.8 Å². The first-order valence-corrected chi connectivity index (χ1v) is 7.75. The molecular weight excluding hydrogens is 357 g/mol. The molecule has 0 spiro atoms. The number of urea groups is 1. The normalized spacial score (nSPS) is 10.8. The van der Waals surface area contributed by atoms with Crippen molar-refractivity contribution in [1.29, 1.82) is 0 Å². The summed E-state index contributed by atoms with van der Waals surface area (Å²) in [6.45, 7) is 0.156. The van der Waals surface area contributed by atoms with E-state index in [1.807, 2.05) is 6.92 Å². The van der Waals surface area contributed by atoms with Crippen LogP contribution in [0.15, 0.2) is 24.3 Å². The van der Waals surface area contributed by atoms with Crippen LogP contribution in [0.2, 0.25) is 0 Å². The second-order valence-electron chi connectivity index (χ2n) is 5.15. The van der Waals surface area contributed by atoms with E-state index in [-0.39, 0.29) is 5.75 Å². The van der Waals surface area contributed by atoms with Crippen molar-refractivity contribution in [2.45, 2.75) is 25.9 Å². The van der Waals surface area contributed by atoms with E-state index in [4.69, 9.17) is 9.47 Å². The predicted molar refractivity (Wildman–Crippen MR) is 84.7 cm³/mol. The van der Waals surface area contributed by atoms with E-state index in [1.165, 1.54) is 29.6 Å². The third-order valence-corrected chi connectivity index (χ3v) is 2.89. The fourth-order valence-corrected chi connectivity index (χ4v) is 1.62. The van der Waals surface area contributed by atoms with Crippen molar-refractivity contribution in [2.24, 2.45) is 0 Å². The number of esters is 1. The maximum atomic E-state index is 11.9. The molecule has 0 radical (unpaired) electrons. The molecule has 10 heteroatoms. The van der Waals surface area contributed by atoms with Gasteiger partial charge in [0.25, 0.3) is 5.91 Å². The van der Waals surface area contributed by atoms with Gasteiger partial charge >= 0.3 is 18.2 Å². The van der Waals surface area contributed by atoms with Gasteiger partial charge in [-0.2, -0.15) is 13.2 Å². The highest BCUT2D eigenvalue weighted by Crippen LogP contribution is 2.13. The number of amides is 3. The molecule has 26 heavy (non-hydrogen) atoms. The number of hydrogen-bond donors (Lipinski definition) is 2. The van der Waals surface area contributed by atoms with E-state index in [0.717, 1.165) is 12.8 Å². The molecular formula is C16H19F3N2O5. The molecule has 1 aromatic rings. The second kappa shape index (κ2) is 10.3. The fourth-order valence-electron chi connectivity index (χ4n) is 1.62. The standard InChI is InChI=1S/C16H19F3N2O5/c1-2-3-8-25-14(23)11-4-6-12(7-5-11)26-9-13(22)21-15(24)20-10-16(17,18)19/h4-7H,2-3,8-10H2,1H3,(H2,20,21,22,24). The van der Waals surface area contributed by atoms with E-state index in [0.29, 0.717) is 12.2 Å². The molecule has 144 valence electrons. The van der Waals surface area contributed by atoms with Gasteiger partial charge in [0.15, 0.2) is 6.61 Å². The Balaban J connectivity index is 2.37. The first kappa shape index (κ1) is 21.3. The monoisotopic (exact) mass is 376 g/mol. The summed E-state index contributed by atoms with van der Waals surface area (Å²) in [6, 6.07) is 4.46. The van der Waals surface area contributed by atoms with Gasteiger partial charge in [0.2, 0.25) is 0 Å². The molecule has 3 amide bonds. The minimum absolute atomic E-state index is 0.237. The Bertz CT molecular complexity index is 617. The quantitative estimate of drug-likeness (QED) is 0.537. The number of unbranched alkanes of at least 4 members (excludes halogenated alkanes) is 1. The molecule has 0 atom stereocenters. The Hall–Kier alpha value is -2.78.